The van der Waals surface area contributed by atoms with Gasteiger partial charge in [0.05, 0.1) is 12.7 Å². The maximum Gasteiger partial charge on any atom is 0.325 e. The lowest BCUT2D eigenvalue weighted by molar-refractivity contribution is -0.138. The molecular weight excluding hydrogens is 226 g/mol. The Hall–Kier alpha value is -1.96. The monoisotopic (exact) mass is 241 g/mol. The molecule has 1 heterocycles. The molecule has 8 heteroatoms. The van der Waals surface area contributed by atoms with Crippen LogP contribution in [0.2, 0.25) is 0 Å². The molecule has 0 spiro atoms. The van der Waals surface area contributed by atoms with Crippen molar-refractivity contribution in [3.05, 3.63) is 11.9 Å². The molecule has 0 aliphatic carbocycles. The molecule has 0 aliphatic heterocycles. The minimum atomic E-state index is -0.998. The molecule has 0 aliphatic rings. The Bertz CT molecular complexity index is 403. The number of carboxylic acids is 1. The number of hydrogen-bond acceptors (Lipinski definition) is 5. The number of amides is 1. The van der Waals surface area contributed by atoms with Crippen molar-refractivity contribution in [2.24, 2.45) is 11.7 Å². The fourth-order valence-electron chi connectivity index (χ4n) is 1.09. The van der Waals surface area contributed by atoms with Gasteiger partial charge in [-0.1, -0.05) is 12.1 Å². The summed E-state index contributed by atoms with van der Waals surface area (Å²) in [5.41, 5.74) is 5.85. The number of hydrogen-bond donors (Lipinski definition) is 3. The normalized spacial score (nSPS) is 12.1. The van der Waals surface area contributed by atoms with E-state index in [9.17, 15) is 9.59 Å². The Morgan fingerprint density at radius 1 is 1.65 bits per heavy atom. The van der Waals surface area contributed by atoms with Crippen molar-refractivity contribution >= 4 is 11.9 Å². The molecule has 0 bridgehead atoms. The van der Waals surface area contributed by atoms with Crippen LogP contribution in [0.4, 0.5) is 0 Å². The summed E-state index contributed by atoms with van der Waals surface area (Å²) < 4.78 is 1.19. The second-order valence-electron chi connectivity index (χ2n) is 3.66. The Balaban J connectivity index is 2.44. The van der Waals surface area contributed by atoms with Gasteiger partial charge in [0.1, 0.15) is 12.2 Å². The molecule has 1 amide bonds. The molecule has 0 fully saturated rings. The predicted octanol–water partition coefficient (Wildman–Crippen LogP) is -1.43. The van der Waals surface area contributed by atoms with Crippen molar-refractivity contribution in [3.8, 4) is 0 Å². The number of carbonyl (C=O) groups excluding carboxylic acids is 1. The smallest absolute Gasteiger partial charge is 0.325 e. The van der Waals surface area contributed by atoms with Gasteiger partial charge in [-0.15, -0.1) is 5.10 Å². The van der Waals surface area contributed by atoms with E-state index in [1.165, 1.54) is 10.9 Å². The first kappa shape index (κ1) is 13.1. The van der Waals surface area contributed by atoms with Crippen molar-refractivity contribution in [1.29, 1.82) is 0 Å². The number of rotatable bonds is 6. The average Bonchev–Trinajstić information content (AvgIpc) is 2.71. The van der Waals surface area contributed by atoms with Gasteiger partial charge in [-0.2, -0.15) is 0 Å². The zero-order valence-electron chi connectivity index (χ0n) is 9.46. The third-order valence-electron chi connectivity index (χ3n) is 2.13. The van der Waals surface area contributed by atoms with Gasteiger partial charge in [0.25, 0.3) is 0 Å². The van der Waals surface area contributed by atoms with Crippen LogP contribution >= 0.6 is 0 Å². The second-order valence-corrected chi connectivity index (χ2v) is 3.66. The van der Waals surface area contributed by atoms with Gasteiger partial charge in [0.15, 0.2) is 0 Å². The van der Waals surface area contributed by atoms with Crippen LogP contribution in [-0.4, -0.2) is 38.5 Å². The molecule has 1 aromatic rings. The van der Waals surface area contributed by atoms with Crippen LogP contribution in [0, 0.1) is 5.92 Å². The summed E-state index contributed by atoms with van der Waals surface area (Å²) >= 11 is 0. The van der Waals surface area contributed by atoms with Gasteiger partial charge < -0.3 is 16.2 Å². The van der Waals surface area contributed by atoms with E-state index in [2.05, 4.69) is 15.6 Å². The van der Waals surface area contributed by atoms with E-state index in [1.807, 2.05) is 0 Å². The van der Waals surface area contributed by atoms with E-state index in [0.717, 1.165) is 0 Å². The lowest BCUT2D eigenvalue weighted by atomic mass is 10.2. The van der Waals surface area contributed by atoms with Crippen molar-refractivity contribution in [3.63, 3.8) is 0 Å². The molecule has 1 atom stereocenters. The van der Waals surface area contributed by atoms with Crippen LogP contribution in [-0.2, 0) is 22.7 Å². The highest BCUT2D eigenvalue weighted by Crippen LogP contribution is 1.95. The summed E-state index contributed by atoms with van der Waals surface area (Å²) in [6.07, 6.45) is 1.47. The second kappa shape index (κ2) is 5.94. The van der Waals surface area contributed by atoms with Crippen LogP contribution in [0.3, 0.4) is 0 Å². The van der Waals surface area contributed by atoms with Crippen molar-refractivity contribution in [2.75, 3.05) is 6.54 Å². The summed E-state index contributed by atoms with van der Waals surface area (Å²) in [4.78, 5) is 21.8. The van der Waals surface area contributed by atoms with Gasteiger partial charge in [-0.05, 0) is 0 Å². The Morgan fingerprint density at radius 3 is 2.94 bits per heavy atom. The molecular formula is C9H15N5O3. The van der Waals surface area contributed by atoms with Crippen molar-refractivity contribution in [2.45, 2.75) is 20.0 Å². The third-order valence-corrected chi connectivity index (χ3v) is 2.13. The number of carboxylic acid groups (broad SMARTS) is 1. The molecule has 17 heavy (non-hydrogen) atoms. The molecule has 1 rings (SSSR count). The molecule has 0 aromatic carbocycles. The highest BCUT2D eigenvalue weighted by atomic mass is 16.4. The number of carbonyl (C=O) groups is 2. The van der Waals surface area contributed by atoms with Gasteiger partial charge >= 0.3 is 5.97 Å². The lowest BCUT2D eigenvalue weighted by Crippen LogP contribution is -2.32. The van der Waals surface area contributed by atoms with Crippen LogP contribution in [0.25, 0.3) is 0 Å². The van der Waals surface area contributed by atoms with Crippen LogP contribution < -0.4 is 11.1 Å². The number of nitrogens with two attached hydrogens (primary N) is 1. The summed E-state index contributed by atoms with van der Waals surface area (Å²) in [6.45, 7) is 1.96. The number of aromatic nitrogens is 3. The molecule has 0 saturated heterocycles. The van der Waals surface area contributed by atoms with Gasteiger partial charge in [-0.3, -0.25) is 9.59 Å². The van der Waals surface area contributed by atoms with Crippen LogP contribution in [0.1, 0.15) is 12.6 Å². The molecule has 8 nitrogen and oxygen atoms in total. The number of nitrogens with one attached hydrogen (secondary N) is 1. The Labute approximate surface area is 97.8 Å². The summed E-state index contributed by atoms with van der Waals surface area (Å²) in [7, 11) is 0. The molecule has 0 saturated carbocycles. The Kier molecular flexibility index (Phi) is 4.58. The molecule has 94 valence electrons. The zero-order chi connectivity index (χ0) is 12.8. The topological polar surface area (TPSA) is 123 Å². The fourth-order valence-corrected chi connectivity index (χ4v) is 1.09. The number of nitrogens with zero attached hydrogens (tertiary/aromatic N) is 3. The molecule has 1 aromatic heterocycles. The molecule has 1 unspecified atom stereocenters. The minimum absolute atomic E-state index is 0.166. The van der Waals surface area contributed by atoms with E-state index in [1.54, 1.807) is 6.92 Å². The summed E-state index contributed by atoms with van der Waals surface area (Å²) in [5, 5.41) is 18.5. The quantitative estimate of drug-likeness (QED) is 0.561. The maximum atomic E-state index is 11.4. The van der Waals surface area contributed by atoms with E-state index in [4.69, 9.17) is 10.8 Å². The van der Waals surface area contributed by atoms with Crippen molar-refractivity contribution in [1.82, 2.24) is 20.3 Å². The molecule has 4 N–H and O–H groups in total. The van der Waals surface area contributed by atoms with Gasteiger partial charge in [0.2, 0.25) is 5.91 Å². The first-order chi connectivity index (χ1) is 8.02. The maximum absolute atomic E-state index is 11.4. The minimum Gasteiger partial charge on any atom is -0.480 e. The number of aliphatic carboxylic acids is 1. The van der Waals surface area contributed by atoms with Gasteiger partial charge in [-0.25, -0.2) is 4.68 Å². The summed E-state index contributed by atoms with van der Waals surface area (Å²) in [6, 6.07) is 0. The summed E-state index contributed by atoms with van der Waals surface area (Å²) in [5.74, 6) is -1.42. The average molecular weight is 241 g/mol. The SMILES string of the molecule is CC(CN)C(=O)NCc1cn(CC(=O)O)nn1. The van der Waals surface area contributed by atoms with E-state index in [0.29, 0.717) is 5.69 Å². The molecule has 0 radical (unpaired) electrons. The largest absolute Gasteiger partial charge is 0.480 e. The van der Waals surface area contributed by atoms with Crippen LogP contribution in [0.5, 0.6) is 0 Å². The zero-order valence-corrected chi connectivity index (χ0v) is 9.46. The highest BCUT2D eigenvalue weighted by Gasteiger charge is 2.11. The first-order valence-electron chi connectivity index (χ1n) is 5.11. The third kappa shape index (κ3) is 4.19. The first-order valence-corrected chi connectivity index (χ1v) is 5.11. The highest BCUT2D eigenvalue weighted by molar-refractivity contribution is 5.78. The lowest BCUT2D eigenvalue weighted by Gasteiger charge is -2.07. The van der Waals surface area contributed by atoms with Crippen molar-refractivity contribution < 1.29 is 14.7 Å². The predicted molar refractivity (Wildman–Crippen MR) is 57.7 cm³/mol. The fraction of sp³-hybridized carbons (Fsp3) is 0.556. The van der Waals surface area contributed by atoms with E-state index < -0.39 is 5.97 Å². The van der Waals surface area contributed by atoms with E-state index in [-0.39, 0.29) is 31.5 Å². The standard InChI is InChI=1S/C9H15N5O3/c1-6(2-10)9(17)11-3-7-4-14(13-12-7)5-8(15)16/h4,6H,2-3,5,10H2,1H3,(H,11,17)(H,15,16). The van der Waals surface area contributed by atoms with Crippen LogP contribution in [0.15, 0.2) is 6.20 Å². The Morgan fingerprint density at radius 2 is 2.35 bits per heavy atom. The van der Waals surface area contributed by atoms with E-state index >= 15 is 0 Å². The van der Waals surface area contributed by atoms with Gasteiger partial charge in [0, 0.05) is 12.5 Å².